The molecular formula is C17H15ClN2O3. The molecule has 1 aromatic carbocycles. The Kier molecular flexibility index (Phi) is 4.60. The fraction of sp³-hybridized carbons (Fsp3) is 0.176. The van der Waals surface area contributed by atoms with Crippen LogP contribution in [0.3, 0.4) is 0 Å². The number of aromatic nitrogens is 2. The lowest BCUT2D eigenvalue weighted by Crippen LogP contribution is -2.14. The van der Waals surface area contributed by atoms with Crippen LogP contribution in [0.2, 0.25) is 5.02 Å². The average Bonchev–Trinajstić information content (AvgIpc) is 3.05. The van der Waals surface area contributed by atoms with Gasteiger partial charge in [-0.25, -0.2) is 9.78 Å². The van der Waals surface area contributed by atoms with Crippen molar-refractivity contribution in [3.05, 3.63) is 64.9 Å². The van der Waals surface area contributed by atoms with Gasteiger partial charge in [0, 0.05) is 29.9 Å². The average molecular weight is 331 g/mol. The lowest BCUT2D eigenvalue weighted by molar-refractivity contribution is 0.0102. The van der Waals surface area contributed by atoms with Crippen LogP contribution in [0.4, 0.5) is 0 Å². The minimum Gasteiger partial charge on any atom is -0.459 e. The van der Waals surface area contributed by atoms with Gasteiger partial charge in [-0.2, -0.15) is 0 Å². The summed E-state index contributed by atoms with van der Waals surface area (Å²) in [6.07, 6.45) is 2.96. The molecule has 0 radical (unpaired) electrons. The van der Waals surface area contributed by atoms with E-state index in [9.17, 15) is 4.79 Å². The second-order valence-corrected chi connectivity index (χ2v) is 5.41. The third-order valence-corrected chi connectivity index (χ3v) is 3.82. The Morgan fingerprint density at radius 1 is 1.26 bits per heavy atom. The van der Waals surface area contributed by atoms with E-state index >= 15 is 0 Å². The zero-order valence-corrected chi connectivity index (χ0v) is 13.2. The summed E-state index contributed by atoms with van der Waals surface area (Å²) in [7, 11) is 1.57. The van der Waals surface area contributed by atoms with E-state index in [-0.39, 0.29) is 12.7 Å². The molecule has 0 saturated heterocycles. The number of esters is 1. The van der Waals surface area contributed by atoms with Crippen LogP contribution in [0.25, 0.3) is 11.0 Å². The Morgan fingerprint density at radius 2 is 2.04 bits per heavy atom. The molecule has 0 saturated carbocycles. The highest BCUT2D eigenvalue weighted by molar-refractivity contribution is 6.30. The van der Waals surface area contributed by atoms with Gasteiger partial charge in [0.25, 0.3) is 0 Å². The highest BCUT2D eigenvalue weighted by Crippen LogP contribution is 2.21. The van der Waals surface area contributed by atoms with Crippen molar-refractivity contribution in [2.75, 3.05) is 13.7 Å². The van der Waals surface area contributed by atoms with E-state index in [1.54, 1.807) is 43.8 Å². The van der Waals surface area contributed by atoms with E-state index in [4.69, 9.17) is 21.1 Å². The molecule has 3 rings (SSSR count). The smallest absolute Gasteiger partial charge is 0.339 e. The van der Waals surface area contributed by atoms with Crippen molar-refractivity contribution in [2.24, 2.45) is 0 Å². The van der Waals surface area contributed by atoms with Gasteiger partial charge in [-0.15, -0.1) is 0 Å². The molecule has 0 aliphatic heterocycles. The van der Waals surface area contributed by atoms with Crippen LogP contribution in [0.1, 0.15) is 22.0 Å². The molecule has 0 spiro atoms. The first-order valence-electron chi connectivity index (χ1n) is 7.06. The van der Waals surface area contributed by atoms with Crippen LogP contribution in [-0.4, -0.2) is 29.7 Å². The van der Waals surface area contributed by atoms with Crippen molar-refractivity contribution < 1.29 is 14.3 Å². The quantitative estimate of drug-likeness (QED) is 0.723. The van der Waals surface area contributed by atoms with Gasteiger partial charge in [0.1, 0.15) is 18.4 Å². The monoisotopic (exact) mass is 330 g/mol. The van der Waals surface area contributed by atoms with Gasteiger partial charge in [0.2, 0.25) is 0 Å². The number of benzene rings is 1. The molecule has 0 aliphatic carbocycles. The van der Waals surface area contributed by atoms with Gasteiger partial charge in [-0.1, -0.05) is 23.7 Å². The van der Waals surface area contributed by atoms with Crippen LogP contribution in [0.5, 0.6) is 0 Å². The summed E-state index contributed by atoms with van der Waals surface area (Å²) in [5, 5.41) is 1.38. The second kappa shape index (κ2) is 6.81. The molecule has 5 nitrogen and oxygen atoms in total. The molecule has 1 N–H and O–H groups in total. The summed E-state index contributed by atoms with van der Waals surface area (Å²) in [6, 6.07) is 10.7. The van der Waals surface area contributed by atoms with E-state index in [2.05, 4.69) is 9.97 Å². The minimum absolute atomic E-state index is 0.116. The molecule has 2 aromatic heterocycles. The van der Waals surface area contributed by atoms with Crippen LogP contribution in [-0.2, 0) is 9.47 Å². The summed E-state index contributed by atoms with van der Waals surface area (Å²) >= 11 is 5.88. The summed E-state index contributed by atoms with van der Waals surface area (Å²) in [5.41, 5.74) is 2.02. The number of rotatable bonds is 5. The number of pyridine rings is 1. The van der Waals surface area contributed by atoms with Crippen molar-refractivity contribution in [2.45, 2.75) is 6.10 Å². The predicted octanol–water partition coefficient (Wildman–Crippen LogP) is 3.76. The number of fused-ring (bicyclic) bond motifs is 1. The van der Waals surface area contributed by atoms with Gasteiger partial charge in [0.05, 0.1) is 5.56 Å². The maximum absolute atomic E-state index is 12.3. The highest BCUT2D eigenvalue weighted by atomic mass is 35.5. The normalized spacial score (nSPS) is 12.3. The number of hydrogen-bond acceptors (Lipinski definition) is 4. The van der Waals surface area contributed by atoms with Gasteiger partial charge in [0.15, 0.2) is 0 Å². The van der Waals surface area contributed by atoms with E-state index < -0.39 is 5.97 Å². The number of carbonyl (C=O) groups is 1. The second-order valence-electron chi connectivity index (χ2n) is 4.97. The number of hydrogen-bond donors (Lipinski definition) is 1. The Morgan fingerprint density at radius 3 is 2.78 bits per heavy atom. The predicted molar refractivity (Wildman–Crippen MR) is 87.6 cm³/mol. The molecule has 0 fully saturated rings. The SMILES string of the molecule is COC(COC(=O)c1ccnc2[nH]ccc12)c1ccc(Cl)cc1. The maximum atomic E-state index is 12.3. The number of ether oxygens (including phenoxy) is 2. The zero-order valence-electron chi connectivity index (χ0n) is 12.5. The lowest BCUT2D eigenvalue weighted by Gasteiger charge is -2.16. The summed E-state index contributed by atoms with van der Waals surface area (Å²) < 4.78 is 10.8. The number of nitrogens with one attached hydrogen (secondary N) is 1. The number of carbonyl (C=O) groups excluding carboxylic acids is 1. The highest BCUT2D eigenvalue weighted by Gasteiger charge is 2.17. The van der Waals surface area contributed by atoms with Crippen molar-refractivity contribution in [1.29, 1.82) is 0 Å². The van der Waals surface area contributed by atoms with Crippen molar-refractivity contribution in [3.8, 4) is 0 Å². The fourth-order valence-electron chi connectivity index (χ4n) is 2.35. The topological polar surface area (TPSA) is 64.2 Å². The minimum atomic E-state index is -0.409. The van der Waals surface area contributed by atoms with Crippen molar-refractivity contribution in [3.63, 3.8) is 0 Å². The Bertz CT molecular complexity index is 814. The number of aromatic amines is 1. The van der Waals surface area contributed by atoms with Crippen molar-refractivity contribution in [1.82, 2.24) is 9.97 Å². The Hall–Kier alpha value is -2.37. The maximum Gasteiger partial charge on any atom is 0.339 e. The molecule has 3 aromatic rings. The zero-order chi connectivity index (χ0) is 16.2. The van der Waals surface area contributed by atoms with E-state index in [1.807, 2.05) is 12.1 Å². The van der Waals surface area contributed by atoms with E-state index in [1.165, 1.54) is 0 Å². The number of H-pyrrole nitrogens is 1. The third kappa shape index (κ3) is 3.36. The molecule has 1 atom stereocenters. The summed E-state index contributed by atoms with van der Waals surface area (Å²) in [6.45, 7) is 0.116. The first kappa shape index (κ1) is 15.5. The lowest BCUT2D eigenvalue weighted by atomic mass is 10.1. The molecule has 6 heteroatoms. The standard InChI is InChI=1S/C17H15ClN2O3/c1-22-15(11-2-4-12(18)5-3-11)10-23-17(21)14-7-9-20-16-13(14)6-8-19-16/h2-9,15H,10H2,1H3,(H,19,20). The van der Waals surface area contributed by atoms with Gasteiger partial charge >= 0.3 is 5.97 Å². The number of methoxy groups -OCH3 is 1. The molecule has 0 aliphatic rings. The van der Waals surface area contributed by atoms with E-state index in [0.29, 0.717) is 16.2 Å². The third-order valence-electron chi connectivity index (χ3n) is 3.57. The molecule has 23 heavy (non-hydrogen) atoms. The molecule has 118 valence electrons. The van der Waals surface area contributed by atoms with Crippen LogP contribution < -0.4 is 0 Å². The first-order valence-corrected chi connectivity index (χ1v) is 7.44. The van der Waals surface area contributed by atoms with Crippen LogP contribution in [0, 0.1) is 0 Å². The Labute approximate surface area is 138 Å². The van der Waals surface area contributed by atoms with Gasteiger partial charge in [-0.05, 0) is 29.8 Å². The molecule has 1 unspecified atom stereocenters. The molecular weight excluding hydrogens is 316 g/mol. The van der Waals surface area contributed by atoms with E-state index in [0.717, 1.165) is 10.9 Å². The first-order chi connectivity index (χ1) is 11.2. The number of halogens is 1. The van der Waals surface area contributed by atoms with Crippen molar-refractivity contribution >= 4 is 28.6 Å². The van der Waals surface area contributed by atoms with Crippen LogP contribution in [0.15, 0.2) is 48.8 Å². The summed E-state index contributed by atoms with van der Waals surface area (Å²) in [5.74, 6) is -0.409. The largest absolute Gasteiger partial charge is 0.459 e. The molecule has 2 heterocycles. The molecule has 0 amide bonds. The number of nitrogens with zero attached hydrogens (tertiary/aromatic N) is 1. The summed E-state index contributed by atoms with van der Waals surface area (Å²) in [4.78, 5) is 19.4. The van der Waals surface area contributed by atoms with Gasteiger partial charge in [-0.3, -0.25) is 0 Å². The van der Waals surface area contributed by atoms with Gasteiger partial charge < -0.3 is 14.5 Å². The van der Waals surface area contributed by atoms with Crippen LogP contribution >= 0.6 is 11.6 Å². The molecule has 0 bridgehead atoms. The Balaban J connectivity index is 1.72. The fourth-order valence-corrected chi connectivity index (χ4v) is 2.47.